The molecule has 32 heavy (non-hydrogen) atoms. The van der Waals surface area contributed by atoms with Gasteiger partial charge in [0.05, 0.1) is 12.7 Å². The highest BCUT2D eigenvalue weighted by atomic mass is 35.5. The van der Waals surface area contributed by atoms with E-state index in [0.717, 1.165) is 11.1 Å². The Morgan fingerprint density at radius 3 is 2.34 bits per heavy atom. The second-order valence-corrected chi connectivity index (χ2v) is 7.81. The van der Waals surface area contributed by atoms with E-state index in [1.54, 1.807) is 60.7 Å². The number of esters is 2. The lowest BCUT2D eigenvalue weighted by Crippen LogP contribution is -2.43. The summed E-state index contributed by atoms with van der Waals surface area (Å²) in [5, 5.41) is 0.533. The minimum Gasteiger partial charge on any atom is -0.467 e. The topological polar surface area (TPSA) is 72.9 Å². The summed E-state index contributed by atoms with van der Waals surface area (Å²) in [6.07, 6.45) is 0.276. The van der Waals surface area contributed by atoms with Crippen LogP contribution in [0.15, 0.2) is 72.8 Å². The van der Waals surface area contributed by atoms with E-state index in [1.165, 1.54) is 12.0 Å². The summed E-state index contributed by atoms with van der Waals surface area (Å²) in [6, 6.07) is 19.8. The minimum absolute atomic E-state index is 0.190. The second kappa shape index (κ2) is 9.24. The van der Waals surface area contributed by atoms with Gasteiger partial charge in [-0.3, -0.25) is 4.79 Å². The first-order chi connectivity index (χ1) is 15.5. The van der Waals surface area contributed by atoms with Crippen LogP contribution in [0, 0.1) is 0 Å². The fourth-order valence-corrected chi connectivity index (χ4v) is 3.78. The van der Waals surface area contributed by atoms with Crippen molar-refractivity contribution in [3.05, 3.63) is 100 Å². The van der Waals surface area contributed by atoms with Gasteiger partial charge in [0.25, 0.3) is 5.91 Å². The monoisotopic (exact) mass is 449 g/mol. The zero-order valence-corrected chi connectivity index (χ0v) is 18.0. The van der Waals surface area contributed by atoms with Crippen molar-refractivity contribution in [3.8, 4) is 5.75 Å². The van der Waals surface area contributed by atoms with Crippen molar-refractivity contribution in [1.29, 1.82) is 0 Å². The SMILES string of the molecule is COC(=O)[C@@H](Cc1ccc(OC(=O)c2ccc(Cl)cc2)cc1)N1Cc2ccccc2C1=O. The largest absolute Gasteiger partial charge is 0.467 e. The molecule has 1 amide bonds. The number of benzene rings is 3. The Bertz CT molecular complexity index is 1160. The highest BCUT2D eigenvalue weighted by molar-refractivity contribution is 6.30. The van der Waals surface area contributed by atoms with Crippen LogP contribution in [0.4, 0.5) is 0 Å². The summed E-state index contributed by atoms with van der Waals surface area (Å²) in [6.45, 7) is 0.353. The summed E-state index contributed by atoms with van der Waals surface area (Å²) >= 11 is 5.84. The van der Waals surface area contributed by atoms with Crippen LogP contribution in [0.3, 0.4) is 0 Å². The maximum atomic E-state index is 12.8. The van der Waals surface area contributed by atoms with Crippen LogP contribution in [0.2, 0.25) is 5.02 Å². The molecule has 3 aromatic carbocycles. The number of methoxy groups -OCH3 is 1. The first-order valence-electron chi connectivity index (χ1n) is 9.99. The van der Waals surface area contributed by atoms with Gasteiger partial charge in [-0.1, -0.05) is 41.9 Å². The van der Waals surface area contributed by atoms with Crippen LogP contribution in [0.1, 0.15) is 31.8 Å². The summed E-state index contributed by atoms with van der Waals surface area (Å²) in [7, 11) is 1.31. The molecule has 0 bridgehead atoms. The predicted molar refractivity (Wildman–Crippen MR) is 119 cm³/mol. The standard InChI is InChI=1S/C25H20ClNO5/c1-31-25(30)22(27-15-18-4-2-3-5-21(18)23(27)28)14-16-6-12-20(13-7-16)32-24(29)17-8-10-19(26)11-9-17/h2-13,22H,14-15H2,1H3/t22-/m1/s1. The molecule has 0 N–H and O–H groups in total. The van der Waals surface area contributed by atoms with Crippen molar-refractivity contribution in [3.63, 3.8) is 0 Å². The zero-order chi connectivity index (χ0) is 22.7. The lowest BCUT2D eigenvalue weighted by atomic mass is 10.0. The normalized spacial score (nSPS) is 13.4. The number of hydrogen-bond acceptors (Lipinski definition) is 5. The molecule has 1 aliphatic rings. The van der Waals surface area contributed by atoms with E-state index >= 15 is 0 Å². The van der Waals surface area contributed by atoms with E-state index in [-0.39, 0.29) is 12.3 Å². The van der Waals surface area contributed by atoms with Gasteiger partial charge in [-0.15, -0.1) is 0 Å². The molecule has 4 rings (SSSR count). The third-order valence-corrected chi connectivity index (χ3v) is 5.59. The van der Waals surface area contributed by atoms with Crippen molar-refractivity contribution in [2.24, 2.45) is 0 Å². The molecule has 3 aromatic rings. The molecular formula is C25H20ClNO5. The Morgan fingerprint density at radius 1 is 1.00 bits per heavy atom. The molecule has 1 atom stereocenters. The fraction of sp³-hybridized carbons (Fsp3) is 0.160. The lowest BCUT2D eigenvalue weighted by Gasteiger charge is -2.25. The van der Waals surface area contributed by atoms with Crippen LogP contribution >= 0.6 is 11.6 Å². The average molecular weight is 450 g/mol. The number of hydrogen-bond donors (Lipinski definition) is 0. The Labute approximate surface area is 190 Å². The number of fused-ring (bicyclic) bond motifs is 1. The van der Waals surface area contributed by atoms with Gasteiger partial charge in [0.1, 0.15) is 11.8 Å². The van der Waals surface area contributed by atoms with Crippen LogP contribution in [0.25, 0.3) is 0 Å². The molecule has 0 aliphatic carbocycles. The molecule has 1 aliphatic heterocycles. The van der Waals surface area contributed by atoms with E-state index in [4.69, 9.17) is 21.1 Å². The number of carbonyl (C=O) groups excluding carboxylic acids is 3. The first kappa shape index (κ1) is 21.6. The van der Waals surface area contributed by atoms with Gasteiger partial charge in [-0.2, -0.15) is 0 Å². The summed E-state index contributed by atoms with van der Waals surface area (Å²) in [5.74, 6) is -0.802. The Hall–Kier alpha value is -3.64. The average Bonchev–Trinajstić information content (AvgIpc) is 3.14. The highest BCUT2D eigenvalue weighted by Crippen LogP contribution is 2.27. The van der Waals surface area contributed by atoms with E-state index in [0.29, 0.717) is 28.4 Å². The van der Waals surface area contributed by atoms with E-state index in [1.807, 2.05) is 12.1 Å². The molecule has 0 unspecified atom stereocenters. The van der Waals surface area contributed by atoms with Gasteiger partial charge >= 0.3 is 11.9 Å². The number of carbonyl (C=O) groups is 3. The van der Waals surface area contributed by atoms with Crippen molar-refractivity contribution >= 4 is 29.4 Å². The molecule has 0 saturated heterocycles. The van der Waals surface area contributed by atoms with Crippen LogP contribution in [-0.4, -0.2) is 35.9 Å². The molecule has 0 spiro atoms. The van der Waals surface area contributed by atoms with Gasteiger partial charge in [0.15, 0.2) is 0 Å². The van der Waals surface area contributed by atoms with Crippen molar-refractivity contribution < 1.29 is 23.9 Å². The van der Waals surface area contributed by atoms with Gasteiger partial charge in [0, 0.05) is 23.6 Å². The lowest BCUT2D eigenvalue weighted by molar-refractivity contribution is -0.146. The number of nitrogens with zero attached hydrogens (tertiary/aromatic N) is 1. The van der Waals surface area contributed by atoms with E-state index < -0.39 is 18.0 Å². The molecular weight excluding hydrogens is 430 g/mol. The third kappa shape index (κ3) is 4.50. The second-order valence-electron chi connectivity index (χ2n) is 7.37. The molecule has 0 fully saturated rings. The summed E-state index contributed by atoms with van der Waals surface area (Å²) in [4.78, 5) is 39.1. The molecule has 0 radical (unpaired) electrons. The molecule has 7 heteroatoms. The van der Waals surface area contributed by atoms with E-state index in [9.17, 15) is 14.4 Å². The quantitative estimate of drug-likeness (QED) is 0.414. The van der Waals surface area contributed by atoms with Gasteiger partial charge < -0.3 is 14.4 Å². The zero-order valence-electron chi connectivity index (χ0n) is 17.3. The van der Waals surface area contributed by atoms with Crippen LogP contribution < -0.4 is 4.74 Å². The Kier molecular flexibility index (Phi) is 6.23. The molecule has 6 nitrogen and oxygen atoms in total. The number of ether oxygens (including phenoxy) is 2. The van der Waals surface area contributed by atoms with Crippen molar-refractivity contribution in [2.75, 3.05) is 7.11 Å². The molecule has 0 saturated carbocycles. The van der Waals surface area contributed by atoms with Crippen LogP contribution in [-0.2, 0) is 22.5 Å². The Balaban J connectivity index is 1.47. The fourth-order valence-electron chi connectivity index (χ4n) is 3.65. The maximum absolute atomic E-state index is 12.8. The van der Waals surface area contributed by atoms with Crippen LogP contribution in [0.5, 0.6) is 5.75 Å². The molecule has 1 heterocycles. The molecule has 0 aromatic heterocycles. The van der Waals surface area contributed by atoms with Gasteiger partial charge in [-0.25, -0.2) is 9.59 Å². The maximum Gasteiger partial charge on any atom is 0.343 e. The third-order valence-electron chi connectivity index (χ3n) is 5.34. The van der Waals surface area contributed by atoms with Crippen molar-refractivity contribution in [2.45, 2.75) is 19.0 Å². The van der Waals surface area contributed by atoms with E-state index in [2.05, 4.69) is 0 Å². The number of halogens is 1. The molecule has 162 valence electrons. The summed E-state index contributed by atoms with van der Waals surface area (Å²) < 4.78 is 10.4. The Morgan fingerprint density at radius 2 is 1.69 bits per heavy atom. The smallest absolute Gasteiger partial charge is 0.343 e. The first-order valence-corrected chi connectivity index (χ1v) is 10.4. The van der Waals surface area contributed by atoms with Crippen molar-refractivity contribution in [1.82, 2.24) is 4.90 Å². The van der Waals surface area contributed by atoms with Gasteiger partial charge in [0.2, 0.25) is 0 Å². The highest BCUT2D eigenvalue weighted by Gasteiger charge is 2.36. The summed E-state index contributed by atoms with van der Waals surface area (Å²) in [5.41, 5.74) is 2.67. The number of rotatable bonds is 6. The predicted octanol–water partition coefficient (Wildman–Crippen LogP) is 4.30. The minimum atomic E-state index is -0.762. The number of amides is 1. The van der Waals surface area contributed by atoms with Gasteiger partial charge in [-0.05, 0) is 53.6 Å².